The first-order valence-electron chi connectivity index (χ1n) is 10.8. The minimum atomic E-state index is -1.05. The first-order valence-corrected chi connectivity index (χ1v) is 11.2. The highest BCUT2D eigenvalue weighted by molar-refractivity contribution is 6.30. The Morgan fingerprint density at radius 3 is 2.55 bits per heavy atom. The van der Waals surface area contributed by atoms with Crippen LogP contribution in [0, 0.1) is 0 Å². The second-order valence-electron chi connectivity index (χ2n) is 8.12. The Bertz CT molecular complexity index is 1130. The number of methoxy groups -OCH3 is 1. The van der Waals surface area contributed by atoms with Crippen LogP contribution in [0.4, 0.5) is 0 Å². The van der Waals surface area contributed by atoms with Gasteiger partial charge in [0.15, 0.2) is 0 Å². The van der Waals surface area contributed by atoms with Gasteiger partial charge in [-0.05, 0) is 72.4 Å². The number of fused-ring (bicyclic) bond motifs is 1. The summed E-state index contributed by atoms with van der Waals surface area (Å²) in [6, 6.07) is 18.2. The molecule has 0 aliphatic heterocycles. The molecule has 0 bridgehead atoms. The van der Waals surface area contributed by atoms with Crippen LogP contribution in [0.25, 0.3) is 0 Å². The van der Waals surface area contributed by atoms with Gasteiger partial charge in [0.05, 0.1) is 13.2 Å². The second kappa shape index (κ2) is 10.3. The topological polar surface area (TPSA) is 88.0 Å². The normalized spacial score (nSPS) is 16.0. The summed E-state index contributed by atoms with van der Waals surface area (Å²) >= 11 is 5.92. The largest absolute Gasteiger partial charge is 0.496 e. The maximum absolute atomic E-state index is 11.3. The number of aryl methyl sites for hydroxylation is 1. The van der Waals surface area contributed by atoms with Gasteiger partial charge >= 0.3 is 5.97 Å². The van der Waals surface area contributed by atoms with Crippen molar-refractivity contribution >= 4 is 17.6 Å². The molecule has 4 rings (SSSR count). The van der Waals surface area contributed by atoms with E-state index in [1.165, 1.54) is 24.3 Å². The van der Waals surface area contributed by atoms with E-state index in [-0.39, 0.29) is 17.4 Å². The molecule has 0 amide bonds. The van der Waals surface area contributed by atoms with Crippen LogP contribution < -0.4 is 14.8 Å². The summed E-state index contributed by atoms with van der Waals surface area (Å²) in [5.74, 6) is 0.391. The van der Waals surface area contributed by atoms with Crippen LogP contribution in [0.1, 0.15) is 39.6 Å². The Morgan fingerprint density at radius 2 is 1.82 bits per heavy atom. The number of hydrogen-bond acceptors (Lipinski definition) is 5. The van der Waals surface area contributed by atoms with Crippen molar-refractivity contribution in [1.29, 1.82) is 0 Å². The minimum Gasteiger partial charge on any atom is -0.496 e. The van der Waals surface area contributed by atoms with Gasteiger partial charge in [-0.2, -0.15) is 0 Å². The summed E-state index contributed by atoms with van der Waals surface area (Å²) in [5.41, 5.74) is 3.41. The van der Waals surface area contributed by atoms with Gasteiger partial charge in [-0.15, -0.1) is 0 Å². The highest BCUT2D eigenvalue weighted by Gasteiger charge is 2.20. The van der Waals surface area contributed by atoms with Crippen LogP contribution >= 0.6 is 11.6 Å². The monoisotopic (exact) mass is 467 g/mol. The lowest BCUT2D eigenvalue weighted by molar-refractivity contribution is 0.0693. The zero-order chi connectivity index (χ0) is 23.4. The molecular weight excluding hydrogens is 442 g/mol. The lowest BCUT2D eigenvalue weighted by Crippen LogP contribution is -2.37. The highest BCUT2D eigenvalue weighted by Crippen LogP contribution is 2.31. The Kier molecular flexibility index (Phi) is 7.18. The van der Waals surface area contributed by atoms with Gasteiger partial charge in [0.1, 0.15) is 22.8 Å². The van der Waals surface area contributed by atoms with Gasteiger partial charge in [-0.1, -0.05) is 29.8 Å². The molecule has 7 heteroatoms. The van der Waals surface area contributed by atoms with Crippen LogP contribution in [-0.4, -0.2) is 35.9 Å². The van der Waals surface area contributed by atoms with Crippen molar-refractivity contribution in [1.82, 2.24) is 5.32 Å². The fourth-order valence-electron chi connectivity index (χ4n) is 4.10. The van der Waals surface area contributed by atoms with Crippen molar-refractivity contribution in [3.05, 3.63) is 87.9 Å². The van der Waals surface area contributed by atoms with Crippen molar-refractivity contribution in [2.75, 3.05) is 13.7 Å². The van der Waals surface area contributed by atoms with Crippen molar-refractivity contribution in [2.24, 2.45) is 0 Å². The lowest BCUT2D eigenvalue weighted by atomic mass is 9.88. The van der Waals surface area contributed by atoms with Crippen LogP contribution in [0.5, 0.6) is 17.2 Å². The number of carbonyl (C=O) groups is 1. The molecule has 3 aromatic carbocycles. The summed E-state index contributed by atoms with van der Waals surface area (Å²) in [6.45, 7) is 0.466. The molecular formula is C26H26ClNO5. The molecule has 0 unspecified atom stereocenters. The Balaban J connectivity index is 1.40. The van der Waals surface area contributed by atoms with Crippen LogP contribution in [0.3, 0.4) is 0 Å². The summed E-state index contributed by atoms with van der Waals surface area (Å²) in [5, 5.41) is 23.8. The molecule has 0 radical (unpaired) electrons. The standard InChI is InChI=1S/C26H26ClNO5/c1-32-25-14-22(10-11-23(25)26(30)31)33-21-9-5-16-4-8-20(12-18(16)13-21)28-15-24(29)17-2-6-19(27)7-3-17/h2-3,5-7,9-11,13-14,20,24,28-29H,4,8,12,15H2,1H3,(H,30,31)/t20-,24-/m0/s1. The van der Waals surface area contributed by atoms with E-state index in [1.807, 2.05) is 24.3 Å². The van der Waals surface area contributed by atoms with E-state index in [0.717, 1.165) is 24.8 Å². The summed E-state index contributed by atoms with van der Waals surface area (Å²) in [6.07, 6.45) is 2.18. The number of hydrogen-bond donors (Lipinski definition) is 3. The fourth-order valence-corrected chi connectivity index (χ4v) is 4.23. The third kappa shape index (κ3) is 5.66. The minimum absolute atomic E-state index is 0.0880. The Hall–Kier alpha value is -3.06. The zero-order valence-electron chi connectivity index (χ0n) is 18.3. The first-order chi connectivity index (χ1) is 15.9. The predicted octanol–water partition coefficient (Wildman–Crippen LogP) is 5.02. The molecule has 33 heavy (non-hydrogen) atoms. The average molecular weight is 468 g/mol. The summed E-state index contributed by atoms with van der Waals surface area (Å²) < 4.78 is 11.2. The van der Waals surface area contributed by atoms with Crippen molar-refractivity contribution in [2.45, 2.75) is 31.4 Å². The van der Waals surface area contributed by atoms with Crippen molar-refractivity contribution < 1.29 is 24.5 Å². The predicted molar refractivity (Wildman–Crippen MR) is 127 cm³/mol. The van der Waals surface area contributed by atoms with Crippen LogP contribution in [0.2, 0.25) is 5.02 Å². The molecule has 3 aromatic rings. The number of aliphatic hydroxyl groups is 1. The third-order valence-corrected chi connectivity index (χ3v) is 6.15. The molecule has 6 nitrogen and oxygen atoms in total. The van der Waals surface area contributed by atoms with E-state index in [2.05, 4.69) is 11.4 Å². The number of benzene rings is 3. The molecule has 3 N–H and O–H groups in total. The van der Waals surface area contributed by atoms with Crippen LogP contribution in [-0.2, 0) is 12.8 Å². The quantitative estimate of drug-likeness (QED) is 0.431. The number of rotatable bonds is 8. The average Bonchev–Trinajstić information content (AvgIpc) is 2.82. The molecule has 2 atom stereocenters. The summed E-state index contributed by atoms with van der Waals surface area (Å²) in [7, 11) is 1.43. The molecule has 0 spiro atoms. The van der Waals surface area contributed by atoms with Gasteiger partial charge in [0.2, 0.25) is 0 Å². The van der Waals surface area contributed by atoms with E-state index in [1.54, 1.807) is 24.3 Å². The van der Waals surface area contributed by atoms with E-state index < -0.39 is 12.1 Å². The number of carboxylic acids is 1. The second-order valence-corrected chi connectivity index (χ2v) is 8.55. The molecule has 0 heterocycles. The molecule has 172 valence electrons. The van der Waals surface area contributed by atoms with Gasteiger partial charge in [0, 0.05) is 23.7 Å². The summed E-state index contributed by atoms with van der Waals surface area (Å²) in [4.78, 5) is 11.3. The Labute approximate surface area is 197 Å². The highest BCUT2D eigenvalue weighted by atomic mass is 35.5. The molecule has 0 aromatic heterocycles. The molecule has 1 aliphatic carbocycles. The molecule has 0 saturated heterocycles. The maximum atomic E-state index is 11.3. The van der Waals surface area contributed by atoms with Crippen molar-refractivity contribution in [3.63, 3.8) is 0 Å². The number of aromatic carboxylic acids is 1. The van der Waals surface area contributed by atoms with Gasteiger partial charge < -0.3 is 25.0 Å². The number of carboxylic acid groups (broad SMARTS) is 1. The van der Waals surface area contributed by atoms with E-state index in [9.17, 15) is 15.0 Å². The molecule has 1 aliphatic rings. The van der Waals surface area contributed by atoms with Gasteiger partial charge in [0.25, 0.3) is 0 Å². The number of nitrogens with one attached hydrogen (secondary N) is 1. The Morgan fingerprint density at radius 1 is 1.09 bits per heavy atom. The number of aliphatic hydroxyl groups excluding tert-OH is 1. The smallest absolute Gasteiger partial charge is 0.339 e. The zero-order valence-corrected chi connectivity index (χ0v) is 19.0. The first kappa shape index (κ1) is 23.1. The van der Waals surface area contributed by atoms with E-state index in [0.29, 0.717) is 23.1 Å². The molecule has 0 fully saturated rings. The molecule has 0 saturated carbocycles. The van der Waals surface area contributed by atoms with E-state index >= 15 is 0 Å². The number of ether oxygens (including phenoxy) is 2. The number of halogens is 1. The van der Waals surface area contributed by atoms with E-state index in [4.69, 9.17) is 21.1 Å². The van der Waals surface area contributed by atoms with Gasteiger partial charge in [-0.25, -0.2) is 4.79 Å². The maximum Gasteiger partial charge on any atom is 0.339 e. The van der Waals surface area contributed by atoms with Gasteiger partial charge in [-0.3, -0.25) is 0 Å². The third-order valence-electron chi connectivity index (χ3n) is 5.90. The van der Waals surface area contributed by atoms with Crippen molar-refractivity contribution in [3.8, 4) is 17.2 Å². The lowest BCUT2D eigenvalue weighted by Gasteiger charge is -2.27. The SMILES string of the molecule is COc1cc(Oc2ccc3c(c2)C[C@@H](NC[C@H](O)c2ccc(Cl)cc2)CC3)ccc1C(=O)O. The fraction of sp³-hybridized carbons (Fsp3) is 0.269. The van der Waals surface area contributed by atoms with Crippen LogP contribution in [0.15, 0.2) is 60.7 Å².